The summed E-state index contributed by atoms with van der Waals surface area (Å²) in [5.41, 5.74) is 12.8. The van der Waals surface area contributed by atoms with Crippen molar-refractivity contribution in [3.8, 4) is 11.4 Å². The number of rotatable bonds is 5. The predicted molar refractivity (Wildman–Crippen MR) is 190 cm³/mol. The van der Waals surface area contributed by atoms with Gasteiger partial charge in [-0.15, -0.1) is 0 Å². The second-order valence-corrected chi connectivity index (χ2v) is 12.3. The van der Waals surface area contributed by atoms with Crippen LogP contribution >= 0.6 is 0 Å². The molecule has 3 aromatic carbocycles. The molecule has 1 atom stereocenters. The Hall–Kier alpha value is -5.48. The van der Waals surface area contributed by atoms with Gasteiger partial charge in [0.25, 0.3) is 0 Å². The zero-order valence-corrected chi connectivity index (χ0v) is 25.8. The molecule has 1 aliphatic carbocycles. The van der Waals surface area contributed by atoms with E-state index in [2.05, 4.69) is 156 Å². The molecular weight excluding hydrogens is 548 g/mol. The molecule has 4 heterocycles. The third-order valence-electron chi connectivity index (χ3n) is 9.63. The van der Waals surface area contributed by atoms with Gasteiger partial charge in [0, 0.05) is 59.5 Å². The molecule has 1 unspecified atom stereocenters. The molecular formula is C41H34N4. The summed E-state index contributed by atoms with van der Waals surface area (Å²) in [5, 5.41) is 2.55. The van der Waals surface area contributed by atoms with Crippen LogP contribution in [0.15, 0.2) is 127 Å². The number of nitrogens with zero attached hydrogens (tertiary/aromatic N) is 4. The Bertz CT molecular complexity index is 2250. The van der Waals surface area contributed by atoms with Gasteiger partial charge in [0.15, 0.2) is 0 Å². The Morgan fingerprint density at radius 3 is 2.09 bits per heavy atom. The molecule has 4 heteroatoms. The van der Waals surface area contributed by atoms with E-state index in [0.29, 0.717) is 0 Å². The quantitative estimate of drug-likeness (QED) is 0.203. The van der Waals surface area contributed by atoms with Crippen LogP contribution in [0.2, 0.25) is 0 Å². The maximum absolute atomic E-state index is 4.66. The number of benzene rings is 3. The predicted octanol–water partition coefficient (Wildman–Crippen LogP) is 9.59. The van der Waals surface area contributed by atoms with Crippen LogP contribution in [0, 0.1) is 0 Å². The molecule has 0 N–H and O–H groups in total. The summed E-state index contributed by atoms with van der Waals surface area (Å²) in [6, 6.07) is 32.3. The second-order valence-electron chi connectivity index (χ2n) is 12.3. The number of pyridine rings is 2. The summed E-state index contributed by atoms with van der Waals surface area (Å²) in [4.78, 5) is 11.7. The van der Waals surface area contributed by atoms with Crippen molar-refractivity contribution in [1.29, 1.82) is 0 Å². The third kappa shape index (κ3) is 4.61. The van der Waals surface area contributed by atoms with Crippen molar-refractivity contribution in [2.45, 2.75) is 18.9 Å². The molecule has 0 saturated carbocycles. The van der Waals surface area contributed by atoms with E-state index in [1.807, 2.05) is 24.5 Å². The molecule has 0 bridgehead atoms. The lowest BCUT2D eigenvalue weighted by Crippen LogP contribution is -2.41. The molecule has 45 heavy (non-hydrogen) atoms. The first-order valence-corrected chi connectivity index (χ1v) is 15.5. The highest BCUT2D eigenvalue weighted by atomic mass is 15.2. The minimum atomic E-state index is -0.00132. The van der Waals surface area contributed by atoms with Crippen LogP contribution in [0.4, 0.5) is 5.69 Å². The maximum Gasteiger partial charge on any atom is 0.0892 e. The van der Waals surface area contributed by atoms with Crippen molar-refractivity contribution in [2.24, 2.45) is 7.05 Å². The van der Waals surface area contributed by atoms with Gasteiger partial charge in [-0.1, -0.05) is 72.8 Å². The third-order valence-corrected chi connectivity index (χ3v) is 9.63. The molecule has 4 nitrogen and oxygen atoms in total. The minimum Gasteiger partial charge on any atom is -0.364 e. The first-order chi connectivity index (χ1) is 22.0. The van der Waals surface area contributed by atoms with E-state index in [1.54, 1.807) is 0 Å². The number of allylic oxidation sites excluding steroid dienone is 3. The van der Waals surface area contributed by atoms with Crippen LogP contribution < -0.4 is 4.90 Å². The lowest BCUT2D eigenvalue weighted by Gasteiger charge is -2.36. The standard InChI is InChI=1S/C41H34N4/c1-41-21-18-29(25-35(41)33-9-5-7-11-40(33)45(41)3)13-15-31-20-23-43-37(27-31)36-26-30(19-22-42-36)14-12-28-16-17-39-34(24-28)32-8-4-6-10-38(32)44(39)2/h4-20,22-27H,21H2,1-3H3/b14-12+,15-13+. The number of aromatic nitrogens is 3. The molecule has 218 valence electrons. The fourth-order valence-electron chi connectivity index (χ4n) is 6.92. The molecule has 0 saturated heterocycles. The summed E-state index contributed by atoms with van der Waals surface area (Å²) < 4.78 is 2.26. The van der Waals surface area contributed by atoms with E-state index in [-0.39, 0.29) is 5.54 Å². The second kappa shape index (κ2) is 10.6. The first-order valence-electron chi connectivity index (χ1n) is 15.5. The monoisotopic (exact) mass is 582 g/mol. The van der Waals surface area contributed by atoms with Gasteiger partial charge in [0.1, 0.15) is 0 Å². The molecule has 3 aromatic heterocycles. The molecule has 0 amide bonds. The van der Waals surface area contributed by atoms with E-state index in [4.69, 9.17) is 0 Å². The number of aryl methyl sites for hydroxylation is 1. The topological polar surface area (TPSA) is 34.0 Å². The van der Waals surface area contributed by atoms with E-state index < -0.39 is 0 Å². The van der Waals surface area contributed by atoms with E-state index in [1.165, 1.54) is 49.8 Å². The number of hydrogen-bond acceptors (Lipinski definition) is 3. The number of anilines is 1. The van der Waals surface area contributed by atoms with Crippen LogP contribution in [-0.2, 0) is 7.05 Å². The average Bonchev–Trinajstić information content (AvgIpc) is 3.50. The van der Waals surface area contributed by atoms with Crippen molar-refractivity contribution in [3.63, 3.8) is 0 Å². The zero-order chi connectivity index (χ0) is 30.5. The molecule has 0 fully saturated rings. The van der Waals surface area contributed by atoms with Gasteiger partial charge in [-0.05, 0) is 95.8 Å². The first kappa shape index (κ1) is 27.1. The van der Waals surface area contributed by atoms with Crippen molar-refractivity contribution >= 4 is 51.3 Å². The smallest absolute Gasteiger partial charge is 0.0892 e. The number of likely N-dealkylation sites (N-methyl/N-ethyl adjacent to an activating group) is 1. The SMILES string of the molecule is CN1c2ccccc2C2=CC(/C=C/c3ccnc(-c4cc(/C=C/c5ccc6c(c5)c5ccccc5n6C)ccn4)c3)=CCC21C. The van der Waals surface area contributed by atoms with Crippen LogP contribution in [0.3, 0.4) is 0 Å². The normalized spacial score (nSPS) is 17.7. The molecule has 6 aromatic rings. The Labute approximate surface area is 264 Å². The summed E-state index contributed by atoms with van der Waals surface area (Å²) in [5.74, 6) is 0. The molecule has 0 spiro atoms. The molecule has 8 rings (SSSR count). The van der Waals surface area contributed by atoms with Gasteiger partial charge < -0.3 is 9.47 Å². The van der Waals surface area contributed by atoms with Gasteiger partial charge in [-0.25, -0.2) is 0 Å². The van der Waals surface area contributed by atoms with Crippen LogP contribution in [0.1, 0.15) is 35.6 Å². The highest BCUT2D eigenvalue weighted by Gasteiger charge is 2.42. The number of hydrogen-bond donors (Lipinski definition) is 0. The van der Waals surface area contributed by atoms with Crippen molar-refractivity contribution in [1.82, 2.24) is 14.5 Å². The molecule has 2 aliphatic rings. The van der Waals surface area contributed by atoms with Gasteiger partial charge in [0.05, 0.1) is 16.9 Å². The van der Waals surface area contributed by atoms with Crippen LogP contribution in [-0.4, -0.2) is 27.1 Å². The van der Waals surface area contributed by atoms with E-state index >= 15 is 0 Å². The van der Waals surface area contributed by atoms with Gasteiger partial charge in [0.2, 0.25) is 0 Å². The van der Waals surface area contributed by atoms with Crippen molar-refractivity contribution < 1.29 is 0 Å². The Morgan fingerprint density at radius 1 is 0.667 bits per heavy atom. The van der Waals surface area contributed by atoms with Gasteiger partial charge in [-0.3, -0.25) is 9.97 Å². The number of para-hydroxylation sites is 2. The summed E-state index contributed by atoms with van der Waals surface area (Å²) in [7, 11) is 4.34. The molecule has 0 radical (unpaired) electrons. The lowest BCUT2D eigenvalue weighted by atomic mass is 9.81. The summed E-state index contributed by atoms with van der Waals surface area (Å²) >= 11 is 0. The Morgan fingerprint density at radius 2 is 1.31 bits per heavy atom. The minimum absolute atomic E-state index is 0.00132. The highest BCUT2D eigenvalue weighted by Crippen LogP contribution is 2.50. The molecule has 1 aliphatic heterocycles. The fraction of sp³-hybridized carbons (Fsp3) is 0.122. The van der Waals surface area contributed by atoms with Crippen LogP contribution in [0.5, 0.6) is 0 Å². The summed E-state index contributed by atoms with van der Waals surface area (Å²) in [6.45, 7) is 2.34. The van der Waals surface area contributed by atoms with Crippen molar-refractivity contribution in [2.75, 3.05) is 11.9 Å². The van der Waals surface area contributed by atoms with Gasteiger partial charge in [-0.2, -0.15) is 0 Å². The lowest BCUT2D eigenvalue weighted by molar-refractivity contribution is 0.584. The average molecular weight is 583 g/mol. The van der Waals surface area contributed by atoms with Crippen molar-refractivity contribution in [3.05, 3.63) is 149 Å². The fourth-order valence-corrected chi connectivity index (χ4v) is 6.92. The summed E-state index contributed by atoms with van der Waals surface area (Å²) in [6.07, 6.45) is 18.1. The van der Waals surface area contributed by atoms with Crippen LogP contribution in [0.25, 0.3) is 57.0 Å². The highest BCUT2D eigenvalue weighted by molar-refractivity contribution is 6.08. The largest absolute Gasteiger partial charge is 0.364 e. The Kier molecular flexibility index (Phi) is 6.38. The van der Waals surface area contributed by atoms with E-state index in [9.17, 15) is 0 Å². The maximum atomic E-state index is 4.66. The number of fused-ring (bicyclic) bond motifs is 6. The van der Waals surface area contributed by atoms with Gasteiger partial charge >= 0.3 is 0 Å². The van der Waals surface area contributed by atoms with E-state index in [0.717, 1.165) is 28.9 Å². The Balaban J connectivity index is 1.03. The zero-order valence-electron chi connectivity index (χ0n) is 25.8.